The molecule has 1 heterocycles. The third kappa shape index (κ3) is 2.62. The molecule has 0 unspecified atom stereocenters. The molecule has 0 radical (unpaired) electrons. The number of likely N-dealkylation sites (N-methyl/N-ethyl adjacent to an activating group) is 1. The van der Waals surface area contributed by atoms with Crippen LogP contribution in [0.5, 0.6) is 0 Å². The first-order chi connectivity index (χ1) is 10.1. The summed E-state index contributed by atoms with van der Waals surface area (Å²) in [6.45, 7) is 0. The Morgan fingerprint density at radius 2 is 1.71 bits per heavy atom. The van der Waals surface area contributed by atoms with Crippen molar-refractivity contribution in [1.82, 2.24) is 4.83 Å². The van der Waals surface area contributed by atoms with Crippen molar-refractivity contribution in [2.45, 2.75) is 11.3 Å². The van der Waals surface area contributed by atoms with Gasteiger partial charge in [-0.15, -0.1) is 0 Å². The van der Waals surface area contributed by atoms with Crippen molar-refractivity contribution in [2.24, 2.45) is 5.10 Å². The van der Waals surface area contributed by atoms with E-state index in [4.69, 9.17) is 0 Å². The number of fused-ring (bicyclic) bond motifs is 1. The van der Waals surface area contributed by atoms with Crippen LogP contribution in [0.1, 0.15) is 5.56 Å². The van der Waals surface area contributed by atoms with Gasteiger partial charge in [-0.1, -0.05) is 36.4 Å². The monoisotopic (exact) mass is 301 g/mol. The summed E-state index contributed by atoms with van der Waals surface area (Å²) in [6, 6.07) is 16.1. The molecule has 3 rings (SSSR count). The van der Waals surface area contributed by atoms with Gasteiger partial charge in [0.15, 0.2) is 0 Å². The van der Waals surface area contributed by atoms with Crippen molar-refractivity contribution < 1.29 is 8.42 Å². The summed E-state index contributed by atoms with van der Waals surface area (Å²) >= 11 is 0. The van der Waals surface area contributed by atoms with E-state index < -0.39 is 10.0 Å². The van der Waals surface area contributed by atoms with E-state index in [-0.39, 0.29) is 4.90 Å². The van der Waals surface area contributed by atoms with Crippen molar-refractivity contribution in [3.63, 3.8) is 0 Å². The molecule has 2 aromatic rings. The molecular formula is C15H15N3O2S. The first kappa shape index (κ1) is 13.6. The second kappa shape index (κ2) is 5.21. The van der Waals surface area contributed by atoms with Crippen molar-refractivity contribution in [1.29, 1.82) is 0 Å². The number of benzene rings is 2. The van der Waals surface area contributed by atoms with Crippen LogP contribution >= 0.6 is 0 Å². The fourth-order valence-corrected chi connectivity index (χ4v) is 3.14. The normalized spacial score (nSPS) is 16.0. The smallest absolute Gasteiger partial charge is 0.276 e. The van der Waals surface area contributed by atoms with E-state index in [2.05, 4.69) is 9.93 Å². The predicted octanol–water partition coefficient (Wildman–Crippen LogP) is 1.97. The second-order valence-electron chi connectivity index (χ2n) is 4.80. The Morgan fingerprint density at radius 1 is 1.05 bits per heavy atom. The minimum absolute atomic E-state index is 0.201. The maximum Gasteiger partial charge on any atom is 0.276 e. The summed E-state index contributed by atoms with van der Waals surface area (Å²) in [6.07, 6.45) is 0.615. The Bertz CT molecular complexity index is 786. The molecule has 0 saturated heterocycles. The molecule has 6 heteroatoms. The second-order valence-corrected chi connectivity index (χ2v) is 6.46. The minimum atomic E-state index is -3.62. The number of para-hydroxylation sites is 1. The molecule has 1 N–H and O–H groups in total. The van der Waals surface area contributed by atoms with E-state index in [1.165, 1.54) is 12.1 Å². The van der Waals surface area contributed by atoms with E-state index >= 15 is 0 Å². The van der Waals surface area contributed by atoms with E-state index in [1.54, 1.807) is 18.2 Å². The van der Waals surface area contributed by atoms with Crippen LogP contribution in [0.3, 0.4) is 0 Å². The molecule has 0 atom stereocenters. The number of nitrogens with one attached hydrogen (secondary N) is 1. The highest BCUT2D eigenvalue weighted by Gasteiger charge is 2.22. The van der Waals surface area contributed by atoms with Gasteiger partial charge in [-0.25, -0.2) is 0 Å². The standard InChI is InChI=1S/C15H15N3O2S/c1-18-14-10-6-5-7-12(14)11-15(18)16-17-21(19,20)13-8-3-2-4-9-13/h2-10,17H,11H2,1H3/b16-15-. The lowest BCUT2D eigenvalue weighted by Gasteiger charge is -2.13. The predicted molar refractivity (Wildman–Crippen MR) is 82.7 cm³/mol. The number of hydrazone groups is 1. The highest BCUT2D eigenvalue weighted by atomic mass is 32.2. The van der Waals surface area contributed by atoms with Gasteiger partial charge in [0.05, 0.1) is 4.90 Å². The van der Waals surface area contributed by atoms with Crippen LogP contribution < -0.4 is 9.73 Å². The highest BCUT2D eigenvalue weighted by molar-refractivity contribution is 7.89. The van der Waals surface area contributed by atoms with E-state index in [1.807, 2.05) is 36.2 Å². The lowest BCUT2D eigenvalue weighted by molar-refractivity contribution is 0.584. The minimum Gasteiger partial charge on any atom is -0.331 e. The Kier molecular flexibility index (Phi) is 3.39. The van der Waals surface area contributed by atoms with Crippen molar-refractivity contribution in [2.75, 3.05) is 11.9 Å². The molecule has 0 saturated carbocycles. The largest absolute Gasteiger partial charge is 0.331 e. The lowest BCUT2D eigenvalue weighted by atomic mass is 10.2. The molecule has 1 aliphatic heterocycles. The fourth-order valence-electron chi connectivity index (χ4n) is 2.30. The van der Waals surface area contributed by atoms with Gasteiger partial charge in [-0.2, -0.15) is 18.4 Å². The summed E-state index contributed by atoms with van der Waals surface area (Å²) in [5.74, 6) is 0.677. The number of sulfonamides is 1. The van der Waals surface area contributed by atoms with Gasteiger partial charge in [0.25, 0.3) is 10.0 Å². The summed E-state index contributed by atoms with van der Waals surface area (Å²) in [4.78, 5) is 4.39. The van der Waals surface area contributed by atoms with Gasteiger partial charge in [-0.05, 0) is 23.8 Å². The maximum atomic E-state index is 12.1. The molecular weight excluding hydrogens is 286 g/mol. The van der Waals surface area contributed by atoms with Crippen LogP contribution in [0.15, 0.2) is 64.6 Å². The molecule has 21 heavy (non-hydrogen) atoms. The quantitative estimate of drug-likeness (QED) is 0.882. The average molecular weight is 301 g/mol. The molecule has 108 valence electrons. The number of anilines is 1. The van der Waals surface area contributed by atoms with Crippen LogP contribution in [-0.2, 0) is 16.4 Å². The Morgan fingerprint density at radius 3 is 2.43 bits per heavy atom. The molecule has 0 amide bonds. The van der Waals surface area contributed by atoms with Gasteiger partial charge in [0.2, 0.25) is 0 Å². The molecule has 0 spiro atoms. The van der Waals surface area contributed by atoms with Crippen LogP contribution in [0.4, 0.5) is 5.69 Å². The van der Waals surface area contributed by atoms with E-state index in [0.29, 0.717) is 12.3 Å². The van der Waals surface area contributed by atoms with Crippen LogP contribution in [0.25, 0.3) is 0 Å². The number of nitrogens with zero attached hydrogens (tertiary/aromatic N) is 2. The lowest BCUT2D eigenvalue weighted by Crippen LogP contribution is -2.27. The molecule has 5 nitrogen and oxygen atoms in total. The molecule has 0 aromatic heterocycles. The van der Waals surface area contributed by atoms with Gasteiger partial charge in [0.1, 0.15) is 5.84 Å². The Hall–Kier alpha value is -2.34. The highest BCUT2D eigenvalue weighted by Crippen LogP contribution is 2.27. The number of hydrogen-bond acceptors (Lipinski definition) is 3. The topological polar surface area (TPSA) is 61.8 Å². The van der Waals surface area contributed by atoms with Gasteiger partial charge in [-0.3, -0.25) is 0 Å². The summed E-state index contributed by atoms with van der Waals surface area (Å²) in [5.41, 5.74) is 2.19. The van der Waals surface area contributed by atoms with Gasteiger partial charge < -0.3 is 4.90 Å². The first-order valence-corrected chi connectivity index (χ1v) is 8.01. The molecule has 0 fully saturated rings. The zero-order valence-corrected chi connectivity index (χ0v) is 12.3. The number of amidine groups is 1. The summed E-state index contributed by atoms with van der Waals surface area (Å²) < 4.78 is 24.3. The molecule has 1 aliphatic rings. The maximum absolute atomic E-state index is 12.1. The van der Waals surface area contributed by atoms with E-state index in [0.717, 1.165) is 11.3 Å². The Labute approximate surface area is 124 Å². The van der Waals surface area contributed by atoms with Gasteiger partial charge >= 0.3 is 0 Å². The van der Waals surface area contributed by atoms with Crippen LogP contribution in [0.2, 0.25) is 0 Å². The Balaban J connectivity index is 1.83. The molecule has 0 bridgehead atoms. The van der Waals surface area contributed by atoms with Crippen LogP contribution in [0, 0.1) is 0 Å². The third-order valence-corrected chi connectivity index (χ3v) is 4.66. The van der Waals surface area contributed by atoms with Gasteiger partial charge in [0, 0.05) is 19.2 Å². The third-order valence-electron chi connectivity index (χ3n) is 3.44. The van der Waals surface area contributed by atoms with Crippen molar-refractivity contribution in [3.05, 3.63) is 60.2 Å². The van der Waals surface area contributed by atoms with Crippen molar-refractivity contribution in [3.8, 4) is 0 Å². The summed E-state index contributed by atoms with van der Waals surface area (Å²) in [7, 11) is -1.75. The first-order valence-electron chi connectivity index (χ1n) is 6.53. The SMILES string of the molecule is CN1/C(=N\NS(=O)(=O)c2ccccc2)Cc2ccccc21. The van der Waals surface area contributed by atoms with E-state index in [9.17, 15) is 8.42 Å². The molecule has 0 aliphatic carbocycles. The average Bonchev–Trinajstić information content (AvgIpc) is 2.83. The zero-order valence-electron chi connectivity index (χ0n) is 11.5. The number of hydrogen-bond donors (Lipinski definition) is 1. The zero-order chi connectivity index (χ0) is 14.9. The van der Waals surface area contributed by atoms with Crippen molar-refractivity contribution >= 4 is 21.5 Å². The summed E-state index contributed by atoms with van der Waals surface area (Å²) in [5, 5.41) is 4.07. The van der Waals surface area contributed by atoms with Crippen LogP contribution in [-0.4, -0.2) is 21.3 Å². The fraction of sp³-hybridized carbons (Fsp3) is 0.133. The molecule has 2 aromatic carbocycles. The number of rotatable bonds is 3.